The van der Waals surface area contributed by atoms with Crippen LogP contribution in [0.2, 0.25) is 0 Å². The van der Waals surface area contributed by atoms with E-state index in [0.29, 0.717) is 0 Å². The van der Waals surface area contributed by atoms with Gasteiger partial charge in [-0.05, 0) is 36.2 Å². The molecule has 0 fully saturated rings. The lowest BCUT2D eigenvalue weighted by Crippen LogP contribution is -2.00. The molecule has 0 radical (unpaired) electrons. The molecule has 2 aromatic heterocycles. The molecule has 0 aromatic carbocycles. The molecule has 16 heavy (non-hydrogen) atoms. The van der Waals surface area contributed by atoms with Crippen molar-refractivity contribution in [3.05, 3.63) is 47.4 Å². The van der Waals surface area contributed by atoms with Crippen molar-refractivity contribution in [2.75, 3.05) is 0 Å². The van der Waals surface area contributed by atoms with Gasteiger partial charge < -0.3 is 5.32 Å². The van der Waals surface area contributed by atoms with Gasteiger partial charge in [0.2, 0.25) is 0 Å². The summed E-state index contributed by atoms with van der Waals surface area (Å²) in [5.41, 5.74) is 5.97. The quantitative estimate of drug-likeness (QED) is 0.784. The van der Waals surface area contributed by atoms with Gasteiger partial charge in [0.25, 0.3) is 0 Å². The van der Waals surface area contributed by atoms with Crippen LogP contribution in [0, 0.1) is 6.92 Å². The Morgan fingerprint density at radius 2 is 2.00 bits per heavy atom. The Balaban J connectivity index is 2.17. The summed E-state index contributed by atoms with van der Waals surface area (Å²) >= 11 is 0. The summed E-state index contributed by atoms with van der Waals surface area (Å²) in [5.74, 6) is 0. The van der Waals surface area contributed by atoms with Crippen molar-refractivity contribution in [1.82, 2.24) is 15.3 Å². The van der Waals surface area contributed by atoms with Crippen molar-refractivity contribution in [3.8, 4) is 11.3 Å². The fourth-order valence-corrected chi connectivity index (χ4v) is 2.16. The molecule has 0 saturated heterocycles. The van der Waals surface area contributed by atoms with Crippen molar-refractivity contribution in [3.63, 3.8) is 0 Å². The average Bonchev–Trinajstić information content (AvgIpc) is 2.76. The highest BCUT2D eigenvalue weighted by Gasteiger charge is 2.15. The number of fused-ring (bicyclic) bond motifs is 1. The van der Waals surface area contributed by atoms with E-state index in [1.807, 2.05) is 25.4 Å². The highest BCUT2D eigenvalue weighted by molar-refractivity contribution is 5.65. The fourth-order valence-electron chi connectivity index (χ4n) is 2.16. The van der Waals surface area contributed by atoms with Gasteiger partial charge in [0.1, 0.15) is 0 Å². The number of nitrogens with zero attached hydrogens (tertiary/aromatic N) is 2. The molecule has 0 bridgehead atoms. The molecule has 1 aliphatic rings. The first kappa shape index (κ1) is 9.48. The number of aryl methyl sites for hydroxylation is 1. The van der Waals surface area contributed by atoms with Gasteiger partial charge in [-0.25, -0.2) is 0 Å². The third kappa shape index (κ3) is 1.49. The first-order chi connectivity index (χ1) is 7.84. The average molecular weight is 211 g/mol. The van der Waals surface area contributed by atoms with Crippen molar-refractivity contribution in [2.45, 2.75) is 20.0 Å². The van der Waals surface area contributed by atoms with Gasteiger partial charge in [0, 0.05) is 36.7 Å². The van der Waals surface area contributed by atoms with Gasteiger partial charge in [-0.2, -0.15) is 0 Å². The van der Waals surface area contributed by atoms with Crippen LogP contribution in [0.25, 0.3) is 11.3 Å². The van der Waals surface area contributed by atoms with Crippen LogP contribution >= 0.6 is 0 Å². The van der Waals surface area contributed by atoms with E-state index in [2.05, 4.69) is 27.4 Å². The lowest BCUT2D eigenvalue weighted by molar-refractivity contribution is 0.765. The van der Waals surface area contributed by atoms with E-state index < -0.39 is 0 Å². The molecule has 1 N–H and O–H groups in total. The molecular weight excluding hydrogens is 198 g/mol. The van der Waals surface area contributed by atoms with Crippen LogP contribution in [0.3, 0.4) is 0 Å². The number of hydrogen-bond donors (Lipinski definition) is 1. The Morgan fingerprint density at radius 1 is 1.12 bits per heavy atom. The lowest BCUT2D eigenvalue weighted by Gasteiger charge is -2.06. The van der Waals surface area contributed by atoms with Gasteiger partial charge >= 0.3 is 0 Å². The molecule has 0 atom stereocenters. The van der Waals surface area contributed by atoms with Gasteiger partial charge in [-0.3, -0.25) is 9.97 Å². The van der Waals surface area contributed by atoms with Crippen molar-refractivity contribution < 1.29 is 0 Å². The van der Waals surface area contributed by atoms with Crippen LogP contribution in [-0.2, 0) is 13.1 Å². The summed E-state index contributed by atoms with van der Waals surface area (Å²) in [6.07, 6.45) is 3.73. The molecule has 0 aliphatic carbocycles. The lowest BCUT2D eigenvalue weighted by atomic mass is 10.0. The van der Waals surface area contributed by atoms with Gasteiger partial charge in [0.15, 0.2) is 0 Å². The Morgan fingerprint density at radius 3 is 2.88 bits per heavy atom. The fraction of sp³-hybridized carbons (Fsp3) is 0.231. The number of hydrogen-bond acceptors (Lipinski definition) is 3. The third-order valence-electron chi connectivity index (χ3n) is 2.94. The van der Waals surface area contributed by atoms with E-state index in [1.165, 1.54) is 11.1 Å². The van der Waals surface area contributed by atoms with Crippen LogP contribution < -0.4 is 5.32 Å². The summed E-state index contributed by atoms with van der Waals surface area (Å²) < 4.78 is 0. The number of aromatic nitrogens is 2. The second kappa shape index (κ2) is 3.68. The summed E-state index contributed by atoms with van der Waals surface area (Å²) in [7, 11) is 0. The molecule has 2 aromatic rings. The molecule has 0 saturated carbocycles. The monoisotopic (exact) mass is 211 g/mol. The molecule has 3 rings (SSSR count). The maximum atomic E-state index is 4.49. The van der Waals surface area contributed by atoms with Gasteiger partial charge in [-0.1, -0.05) is 0 Å². The second-order valence-corrected chi connectivity index (χ2v) is 4.09. The maximum Gasteiger partial charge on any atom is 0.0751 e. The van der Waals surface area contributed by atoms with Crippen molar-refractivity contribution in [1.29, 1.82) is 0 Å². The molecule has 1 aliphatic heterocycles. The van der Waals surface area contributed by atoms with E-state index in [4.69, 9.17) is 0 Å². The molecule has 80 valence electrons. The van der Waals surface area contributed by atoms with Crippen LogP contribution in [0.1, 0.15) is 16.8 Å². The predicted octanol–water partition coefficient (Wildman–Crippen LogP) is 2.06. The van der Waals surface area contributed by atoms with Crippen LogP contribution in [0.5, 0.6) is 0 Å². The van der Waals surface area contributed by atoms with Crippen molar-refractivity contribution >= 4 is 0 Å². The van der Waals surface area contributed by atoms with Crippen LogP contribution in [-0.4, -0.2) is 9.97 Å². The number of pyridine rings is 2. The molecule has 3 nitrogen and oxygen atoms in total. The Labute approximate surface area is 94.6 Å². The van der Waals surface area contributed by atoms with Gasteiger partial charge in [0.05, 0.1) is 5.69 Å². The molecule has 0 amide bonds. The summed E-state index contributed by atoms with van der Waals surface area (Å²) in [4.78, 5) is 8.71. The zero-order valence-corrected chi connectivity index (χ0v) is 9.20. The standard InChI is InChI=1S/C13H13N3/c1-9-6-10(2-4-15-9)13-12-8-14-7-11(12)3-5-16-13/h2-6,14H,7-8H2,1H3. The largest absolute Gasteiger partial charge is 0.309 e. The molecular formula is C13H13N3. The first-order valence-corrected chi connectivity index (χ1v) is 5.45. The third-order valence-corrected chi connectivity index (χ3v) is 2.94. The topological polar surface area (TPSA) is 37.8 Å². The number of nitrogens with one attached hydrogen (secondary N) is 1. The van der Waals surface area contributed by atoms with E-state index in [-0.39, 0.29) is 0 Å². The van der Waals surface area contributed by atoms with Crippen molar-refractivity contribution in [2.24, 2.45) is 0 Å². The molecule has 3 heterocycles. The highest BCUT2D eigenvalue weighted by atomic mass is 14.9. The number of rotatable bonds is 1. The summed E-state index contributed by atoms with van der Waals surface area (Å²) in [6.45, 7) is 3.87. The van der Waals surface area contributed by atoms with Crippen LogP contribution in [0.4, 0.5) is 0 Å². The summed E-state index contributed by atoms with van der Waals surface area (Å²) in [5, 5.41) is 3.36. The van der Waals surface area contributed by atoms with E-state index in [0.717, 1.165) is 30.0 Å². The second-order valence-electron chi connectivity index (χ2n) is 4.09. The van der Waals surface area contributed by atoms with Crippen LogP contribution in [0.15, 0.2) is 30.6 Å². The Hall–Kier alpha value is -1.74. The Bertz CT molecular complexity index is 534. The molecule has 0 unspecified atom stereocenters. The van der Waals surface area contributed by atoms with E-state index >= 15 is 0 Å². The minimum absolute atomic E-state index is 0.917. The summed E-state index contributed by atoms with van der Waals surface area (Å²) in [6, 6.07) is 6.20. The maximum absolute atomic E-state index is 4.49. The first-order valence-electron chi connectivity index (χ1n) is 5.45. The molecule has 0 spiro atoms. The van der Waals surface area contributed by atoms with E-state index in [1.54, 1.807) is 0 Å². The zero-order chi connectivity index (χ0) is 11.0. The highest BCUT2D eigenvalue weighted by Crippen LogP contribution is 2.26. The Kier molecular flexibility index (Phi) is 2.18. The minimum Gasteiger partial charge on any atom is -0.309 e. The zero-order valence-electron chi connectivity index (χ0n) is 9.20. The van der Waals surface area contributed by atoms with E-state index in [9.17, 15) is 0 Å². The predicted molar refractivity (Wildman–Crippen MR) is 62.7 cm³/mol. The minimum atomic E-state index is 0.917. The van der Waals surface area contributed by atoms with Gasteiger partial charge in [-0.15, -0.1) is 0 Å². The molecule has 3 heteroatoms. The smallest absolute Gasteiger partial charge is 0.0751 e. The normalized spacial score (nSPS) is 13.8. The SMILES string of the molecule is Cc1cc(-c2nccc3c2CNC3)ccn1.